The number of aryl methyl sites for hydroxylation is 1. The van der Waals surface area contributed by atoms with Crippen molar-refractivity contribution in [3.8, 4) is 11.9 Å². The van der Waals surface area contributed by atoms with Crippen molar-refractivity contribution in [1.82, 2.24) is 25.0 Å². The largest absolute Gasteiger partial charge is 0.475 e. The van der Waals surface area contributed by atoms with Crippen molar-refractivity contribution in [2.75, 3.05) is 50.1 Å². The standard InChI is InChI=1S/C29H34N8O2/c1-4-26(38)37-14-19(15-37)32-27-21-9-11-36(28-18(2)7-8-24-23(28)13-31-34-24)16-25(21)33-29(22(27)12-30)39-17-20-6-5-10-35(20)3/h4,7-8,13,19-20H,1,5-6,9-11,14-17H2,2-3H3,(H,31,34)(H,32,33)/t20-/m0/s1. The molecule has 39 heavy (non-hydrogen) atoms. The van der Waals surface area contributed by atoms with Gasteiger partial charge >= 0.3 is 0 Å². The Bertz CT molecular complexity index is 1470. The average Bonchev–Trinajstić information content (AvgIpc) is 3.56. The third kappa shape index (κ3) is 4.57. The molecule has 3 aromatic rings. The van der Waals surface area contributed by atoms with Gasteiger partial charge in [0.05, 0.1) is 41.4 Å². The Morgan fingerprint density at radius 3 is 2.95 bits per heavy atom. The quantitative estimate of drug-likeness (QED) is 0.452. The van der Waals surface area contributed by atoms with Crippen LogP contribution in [0.1, 0.15) is 35.2 Å². The SMILES string of the molecule is C=CC(=O)N1CC(Nc2c(C#N)c(OC[C@@H]3CCCN3C)nc3c2CCN(c2c(C)ccc4[nH]ncc24)C3)C1. The van der Waals surface area contributed by atoms with E-state index in [9.17, 15) is 10.1 Å². The van der Waals surface area contributed by atoms with Crippen LogP contribution >= 0.6 is 0 Å². The number of nitrogens with one attached hydrogen (secondary N) is 2. The van der Waals surface area contributed by atoms with Crippen LogP contribution in [-0.4, -0.2) is 82.8 Å². The Labute approximate surface area is 228 Å². The summed E-state index contributed by atoms with van der Waals surface area (Å²) in [7, 11) is 2.11. The number of nitrogens with zero attached hydrogens (tertiary/aromatic N) is 6. The molecule has 2 N–H and O–H groups in total. The third-order valence-corrected chi connectivity index (χ3v) is 8.35. The number of amides is 1. The van der Waals surface area contributed by atoms with E-state index in [1.54, 1.807) is 4.90 Å². The monoisotopic (exact) mass is 526 g/mol. The van der Waals surface area contributed by atoms with E-state index in [1.807, 2.05) is 6.20 Å². The molecule has 2 aromatic heterocycles. The molecule has 0 spiro atoms. The van der Waals surface area contributed by atoms with Crippen LogP contribution in [0.5, 0.6) is 5.88 Å². The maximum absolute atomic E-state index is 12.0. The van der Waals surface area contributed by atoms with E-state index in [-0.39, 0.29) is 11.9 Å². The highest BCUT2D eigenvalue weighted by Gasteiger charge is 2.34. The number of likely N-dealkylation sites (tertiary alicyclic amines) is 2. The first-order chi connectivity index (χ1) is 19.0. The number of carbonyl (C=O) groups is 1. The summed E-state index contributed by atoms with van der Waals surface area (Å²) in [6.45, 7) is 9.80. The molecule has 1 aromatic carbocycles. The second-order valence-electron chi connectivity index (χ2n) is 10.8. The minimum Gasteiger partial charge on any atom is -0.475 e. The number of carbonyl (C=O) groups excluding carboxylic acids is 1. The van der Waals surface area contributed by atoms with Crippen molar-refractivity contribution >= 4 is 28.2 Å². The highest BCUT2D eigenvalue weighted by Crippen LogP contribution is 2.38. The number of benzene rings is 1. The average molecular weight is 527 g/mol. The fourth-order valence-electron chi connectivity index (χ4n) is 6.09. The number of nitriles is 1. The summed E-state index contributed by atoms with van der Waals surface area (Å²) in [6.07, 6.45) is 6.18. The number of anilines is 2. The first-order valence-electron chi connectivity index (χ1n) is 13.6. The second-order valence-corrected chi connectivity index (χ2v) is 10.8. The summed E-state index contributed by atoms with van der Waals surface area (Å²) in [5, 5.41) is 22.3. The maximum atomic E-state index is 12.0. The number of hydrogen-bond donors (Lipinski definition) is 2. The maximum Gasteiger partial charge on any atom is 0.246 e. The van der Waals surface area contributed by atoms with Crippen molar-refractivity contribution in [3.05, 3.63) is 53.4 Å². The van der Waals surface area contributed by atoms with Gasteiger partial charge in [-0.25, -0.2) is 4.98 Å². The Balaban J connectivity index is 1.34. The van der Waals surface area contributed by atoms with E-state index in [1.165, 1.54) is 11.6 Å². The molecule has 202 valence electrons. The predicted octanol–water partition coefficient (Wildman–Crippen LogP) is 2.98. The van der Waals surface area contributed by atoms with Crippen LogP contribution in [0, 0.1) is 18.3 Å². The van der Waals surface area contributed by atoms with Gasteiger partial charge < -0.3 is 24.8 Å². The van der Waals surface area contributed by atoms with Crippen LogP contribution in [0.2, 0.25) is 0 Å². The molecule has 0 aliphatic carbocycles. The van der Waals surface area contributed by atoms with E-state index in [2.05, 4.69) is 64.1 Å². The number of H-pyrrole nitrogens is 1. The van der Waals surface area contributed by atoms with Gasteiger partial charge in [-0.3, -0.25) is 9.89 Å². The lowest BCUT2D eigenvalue weighted by atomic mass is 9.96. The Kier molecular flexibility index (Phi) is 6.61. The molecule has 5 heterocycles. The molecule has 3 aliphatic rings. The Morgan fingerprint density at radius 2 is 2.21 bits per heavy atom. The molecule has 0 radical (unpaired) electrons. The molecule has 1 atom stereocenters. The topological polar surface area (TPSA) is 113 Å². The predicted molar refractivity (Wildman–Crippen MR) is 150 cm³/mol. The van der Waals surface area contributed by atoms with Gasteiger partial charge in [0.25, 0.3) is 0 Å². The lowest BCUT2D eigenvalue weighted by Gasteiger charge is -2.41. The molecular weight excluding hydrogens is 492 g/mol. The molecule has 0 unspecified atom stereocenters. The molecule has 6 rings (SSSR count). The molecule has 10 nitrogen and oxygen atoms in total. The zero-order valence-electron chi connectivity index (χ0n) is 22.5. The van der Waals surface area contributed by atoms with Gasteiger partial charge in [-0.05, 0) is 57.5 Å². The number of aromatic amines is 1. The minimum absolute atomic E-state index is 0.0567. The minimum atomic E-state index is -0.0746. The first kappa shape index (κ1) is 25.2. The van der Waals surface area contributed by atoms with Crippen molar-refractivity contribution in [2.24, 2.45) is 0 Å². The van der Waals surface area contributed by atoms with Crippen LogP contribution in [-0.2, 0) is 17.8 Å². The number of hydrogen-bond acceptors (Lipinski definition) is 8. The van der Waals surface area contributed by atoms with Crippen LogP contribution in [0.4, 0.5) is 11.4 Å². The van der Waals surface area contributed by atoms with Gasteiger partial charge in [0.2, 0.25) is 11.8 Å². The van der Waals surface area contributed by atoms with Gasteiger partial charge in [0.1, 0.15) is 18.2 Å². The van der Waals surface area contributed by atoms with Crippen molar-refractivity contribution in [2.45, 2.75) is 44.8 Å². The fourth-order valence-corrected chi connectivity index (χ4v) is 6.09. The third-order valence-electron chi connectivity index (χ3n) is 8.35. The zero-order valence-corrected chi connectivity index (χ0v) is 22.5. The van der Waals surface area contributed by atoms with Crippen molar-refractivity contribution in [1.29, 1.82) is 5.26 Å². The van der Waals surface area contributed by atoms with E-state index in [4.69, 9.17) is 9.72 Å². The molecule has 0 bridgehead atoms. The fraction of sp³-hybridized carbons (Fsp3) is 0.448. The number of aromatic nitrogens is 3. The first-order valence-corrected chi connectivity index (χ1v) is 13.6. The van der Waals surface area contributed by atoms with Gasteiger partial charge in [-0.1, -0.05) is 12.6 Å². The number of pyridine rings is 1. The van der Waals surface area contributed by atoms with Gasteiger partial charge in [0, 0.05) is 36.6 Å². The molecule has 2 saturated heterocycles. The smallest absolute Gasteiger partial charge is 0.246 e. The van der Waals surface area contributed by atoms with Crippen LogP contribution in [0.3, 0.4) is 0 Å². The van der Waals surface area contributed by atoms with E-state index in [0.717, 1.165) is 65.9 Å². The zero-order chi connectivity index (χ0) is 27.1. The highest BCUT2D eigenvalue weighted by molar-refractivity contribution is 5.93. The lowest BCUT2D eigenvalue weighted by Crippen LogP contribution is -2.56. The van der Waals surface area contributed by atoms with E-state index in [0.29, 0.717) is 43.7 Å². The summed E-state index contributed by atoms with van der Waals surface area (Å²) < 4.78 is 6.30. The lowest BCUT2D eigenvalue weighted by molar-refractivity contribution is -0.129. The molecule has 1 amide bonds. The number of ether oxygens (including phenoxy) is 1. The van der Waals surface area contributed by atoms with Crippen molar-refractivity contribution < 1.29 is 9.53 Å². The number of rotatable bonds is 7. The molecular formula is C29H34N8O2. The summed E-state index contributed by atoms with van der Waals surface area (Å²) >= 11 is 0. The number of likely N-dealkylation sites (N-methyl/N-ethyl adjacent to an activating group) is 1. The Morgan fingerprint density at radius 1 is 1.36 bits per heavy atom. The molecule has 2 fully saturated rings. The van der Waals surface area contributed by atoms with Crippen LogP contribution in [0.15, 0.2) is 31.0 Å². The van der Waals surface area contributed by atoms with Gasteiger partial charge in [-0.15, -0.1) is 0 Å². The molecule has 10 heteroatoms. The number of fused-ring (bicyclic) bond motifs is 2. The summed E-state index contributed by atoms with van der Waals surface area (Å²) in [6, 6.07) is 6.93. The molecule has 3 aliphatic heterocycles. The summed E-state index contributed by atoms with van der Waals surface area (Å²) in [5.41, 5.74) is 6.55. The van der Waals surface area contributed by atoms with Crippen LogP contribution in [0.25, 0.3) is 10.9 Å². The highest BCUT2D eigenvalue weighted by atomic mass is 16.5. The second kappa shape index (κ2) is 10.2. The molecule has 0 saturated carbocycles. The Hall–Kier alpha value is -4.10. The van der Waals surface area contributed by atoms with E-state index >= 15 is 0 Å². The van der Waals surface area contributed by atoms with E-state index < -0.39 is 0 Å². The summed E-state index contributed by atoms with van der Waals surface area (Å²) in [5.74, 6) is 0.312. The normalized spacial score (nSPS) is 19.5. The van der Waals surface area contributed by atoms with Crippen molar-refractivity contribution in [3.63, 3.8) is 0 Å². The van der Waals surface area contributed by atoms with Gasteiger partial charge in [-0.2, -0.15) is 10.4 Å². The van der Waals surface area contributed by atoms with Gasteiger partial charge in [0.15, 0.2) is 0 Å². The van der Waals surface area contributed by atoms with Crippen LogP contribution < -0.4 is 15.0 Å². The summed E-state index contributed by atoms with van der Waals surface area (Å²) in [4.78, 5) is 23.4.